The van der Waals surface area contributed by atoms with Gasteiger partial charge in [0.1, 0.15) is 6.54 Å². The number of carbonyl (C=O) groups is 3. The number of thiophene rings is 1. The van der Waals surface area contributed by atoms with Gasteiger partial charge in [0.15, 0.2) is 0 Å². The third-order valence-corrected chi connectivity index (χ3v) is 4.52. The number of carbonyl (C=O) groups excluding carboxylic acids is 3. The van der Waals surface area contributed by atoms with Crippen LogP contribution in [0.3, 0.4) is 0 Å². The van der Waals surface area contributed by atoms with E-state index in [9.17, 15) is 19.2 Å². The number of anilines is 1. The Bertz CT molecular complexity index is 1060. The first-order valence-corrected chi connectivity index (χ1v) is 9.10. The monoisotopic (exact) mass is 396 g/mol. The first-order valence-electron chi connectivity index (χ1n) is 8.22. The van der Waals surface area contributed by atoms with Crippen LogP contribution in [0.5, 0.6) is 0 Å². The molecule has 3 amide bonds. The minimum Gasteiger partial charge on any atom is -0.321 e. The topological polar surface area (TPSA) is 109 Å². The molecular weight excluding hydrogens is 380 g/mol. The standard InChI is InChI=1S/C19H16N4O4S/c24-16(12-23-9-2-1-8-17(23)25)21-22-18(26)13-5-3-6-14(11-13)20-19(27)15-7-4-10-28-15/h1-11H,12H2,(H,20,27)(H,21,24)(H,22,26). The smallest absolute Gasteiger partial charge is 0.269 e. The molecule has 9 heteroatoms. The fraction of sp³-hybridized carbons (Fsp3) is 0.0526. The zero-order valence-corrected chi connectivity index (χ0v) is 15.4. The third kappa shape index (κ3) is 4.92. The molecule has 0 aliphatic rings. The molecule has 0 fully saturated rings. The minimum atomic E-state index is -0.555. The van der Waals surface area contributed by atoms with Gasteiger partial charge in [0.05, 0.1) is 4.88 Å². The van der Waals surface area contributed by atoms with Crippen molar-refractivity contribution in [3.05, 3.63) is 87.0 Å². The minimum absolute atomic E-state index is 0.225. The van der Waals surface area contributed by atoms with Gasteiger partial charge in [-0.3, -0.25) is 30.0 Å². The van der Waals surface area contributed by atoms with Crippen molar-refractivity contribution in [2.75, 3.05) is 5.32 Å². The van der Waals surface area contributed by atoms with Gasteiger partial charge in [0.25, 0.3) is 23.3 Å². The van der Waals surface area contributed by atoms with Gasteiger partial charge in [-0.15, -0.1) is 11.3 Å². The van der Waals surface area contributed by atoms with Gasteiger partial charge in [0, 0.05) is 23.5 Å². The van der Waals surface area contributed by atoms with Crippen molar-refractivity contribution in [2.24, 2.45) is 0 Å². The van der Waals surface area contributed by atoms with Crippen LogP contribution in [-0.2, 0) is 11.3 Å². The molecule has 0 saturated carbocycles. The number of benzene rings is 1. The van der Waals surface area contributed by atoms with E-state index in [1.54, 1.807) is 47.8 Å². The zero-order valence-electron chi connectivity index (χ0n) is 14.5. The fourth-order valence-corrected chi connectivity index (χ4v) is 2.94. The molecule has 28 heavy (non-hydrogen) atoms. The average Bonchev–Trinajstić information content (AvgIpc) is 3.23. The summed E-state index contributed by atoms with van der Waals surface area (Å²) in [4.78, 5) is 48.4. The Morgan fingerprint density at radius 3 is 2.54 bits per heavy atom. The maximum atomic E-state index is 12.2. The van der Waals surface area contributed by atoms with Gasteiger partial charge in [-0.05, 0) is 35.7 Å². The quantitative estimate of drug-likeness (QED) is 0.570. The molecule has 3 N–H and O–H groups in total. The lowest BCUT2D eigenvalue weighted by molar-refractivity contribution is -0.122. The number of nitrogens with one attached hydrogen (secondary N) is 3. The normalized spacial score (nSPS) is 10.1. The number of nitrogens with zero attached hydrogens (tertiary/aromatic N) is 1. The van der Waals surface area contributed by atoms with E-state index in [2.05, 4.69) is 16.2 Å². The summed E-state index contributed by atoms with van der Waals surface area (Å²) in [5.41, 5.74) is 4.92. The van der Waals surface area contributed by atoms with Gasteiger partial charge in [-0.25, -0.2) is 0 Å². The van der Waals surface area contributed by atoms with Crippen LogP contribution < -0.4 is 21.7 Å². The molecule has 0 spiro atoms. The van der Waals surface area contributed by atoms with Gasteiger partial charge in [-0.2, -0.15) is 0 Å². The predicted octanol–water partition coefficient (Wildman–Crippen LogP) is 1.62. The van der Waals surface area contributed by atoms with Crippen LogP contribution in [0.4, 0.5) is 5.69 Å². The molecule has 0 aliphatic heterocycles. The van der Waals surface area contributed by atoms with E-state index >= 15 is 0 Å². The van der Waals surface area contributed by atoms with E-state index in [4.69, 9.17) is 0 Å². The van der Waals surface area contributed by atoms with Gasteiger partial charge < -0.3 is 9.88 Å². The molecule has 0 saturated heterocycles. The van der Waals surface area contributed by atoms with Crippen LogP contribution >= 0.6 is 11.3 Å². The summed E-state index contributed by atoms with van der Waals surface area (Å²) in [6, 6.07) is 14.3. The van der Waals surface area contributed by atoms with E-state index < -0.39 is 11.8 Å². The first kappa shape index (κ1) is 19.1. The summed E-state index contributed by atoms with van der Waals surface area (Å²) in [6.45, 7) is -0.225. The van der Waals surface area contributed by atoms with Crippen molar-refractivity contribution in [1.29, 1.82) is 0 Å². The van der Waals surface area contributed by atoms with Crippen LogP contribution in [0.2, 0.25) is 0 Å². The van der Waals surface area contributed by atoms with Crippen molar-refractivity contribution in [3.8, 4) is 0 Å². The van der Waals surface area contributed by atoms with Crippen molar-refractivity contribution < 1.29 is 14.4 Å². The highest BCUT2D eigenvalue weighted by molar-refractivity contribution is 7.12. The number of hydrazine groups is 1. The van der Waals surface area contributed by atoms with E-state index in [1.165, 1.54) is 34.2 Å². The molecule has 0 aliphatic carbocycles. The van der Waals surface area contributed by atoms with Crippen molar-refractivity contribution in [3.63, 3.8) is 0 Å². The Labute approximate surface area is 163 Å². The van der Waals surface area contributed by atoms with E-state index in [-0.39, 0.29) is 23.6 Å². The molecule has 0 bridgehead atoms. The highest BCUT2D eigenvalue weighted by Crippen LogP contribution is 2.14. The largest absolute Gasteiger partial charge is 0.321 e. The van der Waals surface area contributed by atoms with Gasteiger partial charge >= 0.3 is 0 Å². The highest BCUT2D eigenvalue weighted by Gasteiger charge is 2.11. The molecule has 1 aromatic carbocycles. The van der Waals surface area contributed by atoms with Crippen LogP contribution in [-0.4, -0.2) is 22.3 Å². The molecule has 2 heterocycles. The molecule has 8 nitrogen and oxygen atoms in total. The molecule has 3 rings (SSSR count). The number of aromatic nitrogens is 1. The number of amides is 3. The maximum absolute atomic E-state index is 12.2. The lowest BCUT2D eigenvalue weighted by Gasteiger charge is -2.10. The van der Waals surface area contributed by atoms with E-state index in [0.717, 1.165) is 0 Å². The second-order valence-corrected chi connectivity index (χ2v) is 6.63. The fourth-order valence-electron chi connectivity index (χ4n) is 2.32. The Kier molecular flexibility index (Phi) is 5.97. The van der Waals surface area contributed by atoms with Crippen LogP contribution in [0.1, 0.15) is 20.0 Å². The van der Waals surface area contributed by atoms with Gasteiger partial charge in [0.2, 0.25) is 0 Å². The lowest BCUT2D eigenvalue weighted by Crippen LogP contribution is -2.44. The molecule has 3 aromatic rings. The predicted molar refractivity (Wildman–Crippen MR) is 105 cm³/mol. The average molecular weight is 396 g/mol. The van der Waals surface area contributed by atoms with Crippen molar-refractivity contribution in [2.45, 2.75) is 6.54 Å². The molecule has 0 radical (unpaired) electrons. The number of hydrogen-bond donors (Lipinski definition) is 3. The molecule has 2 aromatic heterocycles. The Morgan fingerprint density at radius 2 is 1.79 bits per heavy atom. The number of rotatable bonds is 5. The maximum Gasteiger partial charge on any atom is 0.269 e. The SMILES string of the molecule is O=C(Cn1ccccc1=O)NNC(=O)c1cccc(NC(=O)c2cccs2)c1. The highest BCUT2D eigenvalue weighted by atomic mass is 32.1. The number of hydrogen-bond acceptors (Lipinski definition) is 5. The summed E-state index contributed by atoms with van der Waals surface area (Å²) in [5.74, 6) is -1.38. The summed E-state index contributed by atoms with van der Waals surface area (Å²) < 4.78 is 1.21. The summed E-state index contributed by atoms with van der Waals surface area (Å²) in [7, 11) is 0. The summed E-state index contributed by atoms with van der Waals surface area (Å²) in [6.07, 6.45) is 1.48. The number of pyridine rings is 1. The Balaban J connectivity index is 1.57. The molecule has 0 unspecified atom stereocenters. The van der Waals surface area contributed by atoms with Crippen molar-refractivity contribution in [1.82, 2.24) is 15.4 Å². The third-order valence-electron chi connectivity index (χ3n) is 3.66. The first-order chi connectivity index (χ1) is 13.5. The van der Waals surface area contributed by atoms with Crippen LogP contribution in [0, 0.1) is 0 Å². The summed E-state index contributed by atoms with van der Waals surface area (Å²) in [5, 5.41) is 4.51. The zero-order chi connectivity index (χ0) is 19.9. The van der Waals surface area contributed by atoms with E-state index in [1.807, 2.05) is 0 Å². The molecule has 0 atom stereocenters. The van der Waals surface area contributed by atoms with E-state index in [0.29, 0.717) is 10.6 Å². The second kappa shape index (κ2) is 8.78. The molecular formula is C19H16N4O4S. The summed E-state index contributed by atoms with van der Waals surface area (Å²) >= 11 is 1.31. The van der Waals surface area contributed by atoms with Crippen molar-refractivity contribution >= 4 is 34.7 Å². The molecule has 142 valence electrons. The Hall–Kier alpha value is -3.72. The van der Waals surface area contributed by atoms with Gasteiger partial charge in [-0.1, -0.05) is 18.2 Å². The van der Waals surface area contributed by atoms with Crippen LogP contribution in [0.25, 0.3) is 0 Å². The lowest BCUT2D eigenvalue weighted by atomic mass is 10.2. The van der Waals surface area contributed by atoms with Crippen LogP contribution in [0.15, 0.2) is 71.0 Å². The second-order valence-electron chi connectivity index (χ2n) is 5.68. The Morgan fingerprint density at radius 1 is 0.929 bits per heavy atom.